The topological polar surface area (TPSA) is 64.6 Å². The lowest BCUT2D eigenvalue weighted by Crippen LogP contribution is -2.28. The maximum atomic E-state index is 12.7. The molecule has 1 amide bonds. The fraction of sp³-hybridized carbons (Fsp3) is 0.333. The minimum absolute atomic E-state index is 0.109. The van der Waals surface area contributed by atoms with Gasteiger partial charge in [0.1, 0.15) is 11.4 Å². The SMILES string of the molecule is CCCCOC(=O)/C(=C/c1ccccc1)NC(=O)c1ccc(OCC(C)C)cc1. The van der Waals surface area contributed by atoms with E-state index < -0.39 is 5.97 Å². The van der Waals surface area contributed by atoms with Crippen LogP contribution in [0, 0.1) is 5.92 Å². The normalized spacial score (nSPS) is 11.2. The van der Waals surface area contributed by atoms with Gasteiger partial charge in [-0.25, -0.2) is 4.79 Å². The van der Waals surface area contributed by atoms with Crippen LogP contribution in [0.1, 0.15) is 49.5 Å². The third-order valence-corrected chi connectivity index (χ3v) is 4.01. The summed E-state index contributed by atoms with van der Waals surface area (Å²) in [6.45, 7) is 7.09. The van der Waals surface area contributed by atoms with Crippen LogP contribution in [0.5, 0.6) is 5.75 Å². The molecule has 5 nitrogen and oxygen atoms in total. The molecule has 2 aromatic carbocycles. The van der Waals surface area contributed by atoms with Crippen LogP contribution in [0.25, 0.3) is 6.08 Å². The Morgan fingerprint density at radius 3 is 2.34 bits per heavy atom. The molecule has 5 heteroatoms. The summed E-state index contributed by atoms with van der Waals surface area (Å²) in [5.41, 5.74) is 1.34. The minimum atomic E-state index is -0.549. The van der Waals surface area contributed by atoms with Crippen LogP contribution in [0.4, 0.5) is 0 Å². The second-order valence-electron chi connectivity index (χ2n) is 7.14. The summed E-state index contributed by atoms with van der Waals surface area (Å²) in [5, 5.41) is 2.68. The van der Waals surface area contributed by atoms with Gasteiger partial charge < -0.3 is 14.8 Å². The highest BCUT2D eigenvalue weighted by Gasteiger charge is 2.16. The van der Waals surface area contributed by atoms with Gasteiger partial charge in [-0.2, -0.15) is 0 Å². The van der Waals surface area contributed by atoms with E-state index in [1.54, 1.807) is 30.3 Å². The van der Waals surface area contributed by atoms with Crippen LogP contribution >= 0.6 is 0 Å². The molecular weight excluding hydrogens is 366 g/mol. The van der Waals surface area contributed by atoms with E-state index in [1.165, 1.54) is 0 Å². The number of hydrogen-bond donors (Lipinski definition) is 1. The average Bonchev–Trinajstić information content (AvgIpc) is 2.73. The van der Waals surface area contributed by atoms with Crippen LogP contribution in [-0.4, -0.2) is 25.1 Å². The number of unbranched alkanes of at least 4 members (excludes halogenated alkanes) is 1. The van der Waals surface area contributed by atoms with Gasteiger partial charge in [0.2, 0.25) is 0 Å². The van der Waals surface area contributed by atoms with E-state index in [1.807, 2.05) is 37.3 Å². The molecular formula is C24H29NO4. The number of rotatable bonds is 10. The van der Waals surface area contributed by atoms with E-state index in [4.69, 9.17) is 9.47 Å². The zero-order valence-electron chi connectivity index (χ0n) is 17.3. The first-order valence-electron chi connectivity index (χ1n) is 9.97. The molecule has 29 heavy (non-hydrogen) atoms. The van der Waals surface area contributed by atoms with Crippen molar-refractivity contribution in [2.24, 2.45) is 5.92 Å². The summed E-state index contributed by atoms with van der Waals surface area (Å²) < 4.78 is 10.9. The standard InChI is InChI=1S/C24H29NO4/c1-4-5-15-28-24(27)22(16-19-9-7-6-8-10-19)25-23(26)20-11-13-21(14-12-20)29-17-18(2)3/h6-14,16,18H,4-5,15,17H2,1-3H3,(H,25,26)/b22-16-. The molecule has 0 saturated heterocycles. The van der Waals surface area contributed by atoms with Crippen LogP contribution in [-0.2, 0) is 9.53 Å². The fourth-order valence-corrected chi connectivity index (χ4v) is 2.41. The van der Waals surface area contributed by atoms with Gasteiger partial charge >= 0.3 is 5.97 Å². The molecule has 0 unspecified atom stereocenters. The molecule has 0 spiro atoms. The molecule has 1 N–H and O–H groups in total. The van der Waals surface area contributed by atoms with E-state index in [0.717, 1.165) is 18.4 Å². The van der Waals surface area contributed by atoms with Crippen molar-refractivity contribution in [3.8, 4) is 5.75 Å². The quantitative estimate of drug-likeness (QED) is 0.355. The van der Waals surface area contributed by atoms with Gasteiger partial charge in [-0.05, 0) is 48.2 Å². The lowest BCUT2D eigenvalue weighted by atomic mass is 10.1. The molecule has 0 aliphatic rings. The molecule has 0 aliphatic carbocycles. The molecule has 0 fully saturated rings. The van der Waals surface area contributed by atoms with E-state index in [0.29, 0.717) is 30.4 Å². The van der Waals surface area contributed by atoms with Crippen LogP contribution < -0.4 is 10.1 Å². The molecule has 154 valence electrons. The second kappa shape index (κ2) is 11.7. The number of esters is 1. The minimum Gasteiger partial charge on any atom is -0.493 e. The third kappa shape index (κ3) is 7.82. The first kappa shape index (κ1) is 22.2. The van der Waals surface area contributed by atoms with Crippen molar-refractivity contribution >= 4 is 18.0 Å². The van der Waals surface area contributed by atoms with Crippen molar-refractivity contribution in [1.29, 1.82) is 0 Å². The van der Waals surface area contributed by atoms with Crippen LogP contribution in [0.15, 0.2) is 60.3 Å². The molecule has 0 heterocycles. The Bertz CT molecular complexity index is 811. The zero-order chi connectivity index (χ0) is 21.1. The molecule has 0 aliphatic heterocycles. The van der Waals surface area contributed by atoms with Gasteiger partial charge in [-0.15, -0.1) is 0 Å². The molecule has 2 rings (SSSR count). The summed E-state index contributed by atoms with van der Waals surface area (Å²) in [4.78, 5) is 25.1. The van der Waals surface area contributed by atoms with Crippen molar-refractivity contribution in [3.05, 3.63) is 71.4 Å². The number of ether oxygens (including phenoxy) is 2. The smallest absolute Gasteiger partial charge is 0.354 e. The first-order chi connectivity index (χ1) is 14.0. The largest absolute Gasteiger partial charge is 0.493 e. The number of carbonyl (C=O) groups is 2. The lowest BCUT2D eigenvalue weighted by molar-refractivity contribution is -0.139. The maximum Gasteiger partial charge on any atom is 0.354 e. The fourth-order valence-electron chi connectivity index (χ4n) is 2.41. The summed E-state index contributed by atoms with van der Waals surface area (Å²) in [6.07, 6.45) is 3.31. The van der Waals surface area contributed by atoms with Gasteiger partial charge in [0.25, 0.3) is 5.91 Å². The van der Waals surface area contributed by atoms with E-state index in [9.17, 15) is 9.59 Å². The van der Waals surface area contributed by atoms with E-state index >= 15 is 0 Å². The number of carbonyl (C=O) groups excluding carboxylic acids is 2. The highest BCUT2D eigenvalue weighted by atomic mass is 16.5. The zero-order valence-corrected chi connectivity index (χ0v) is 17.3. The van der Waals surface area contributed by atoms with Gasteiger partial charge in [-0.3, -0.25) is 4.79 Å². The van der Waals surface area contributed by atoms with Crippen molar-refractivity contribution in [3.63, 3.8) is 0 Å². The molecule has 0 atom stereocenters. The van der Waals surface area contributed by atoms with Crippen molar-refractivity contribution in [1.82, 2.24) is 5.32 Å². The number of benzene rings is 2. The Labute approximate surface area is 172 Å². The Balaban J connectivity index is 2.11. The third-order valence-electron chi connectivity index (χ3n) is 4.01. The first-order valence-corrected chi connectivity index (χ1v) is 9.97. The second-order valence-corrected chi connectivity index (χ2v) is 7.14. The van der Waals surface area contributed by atoms with Gasteiger partial charge in [0, 0.05) is 5.56 Å². The van der Waals surface area contributed by atoms with Gasteiger partial charge in [0.15, 0.2) is 0 Å². The molecule has 2 aromatic rings. The predicted molar refractivity (Wildman–Crippen MR) is 115 cm³/mol. The Kier molecular flexibility index (Phi) is 8.96. The highest BCUT2D eigenvalue weighted by Crippen LogP contribution is 2.14. The van der Waals surface area contributed by atoms with Gasteiger partial charge in [-0.1, -0.05) is 57.5 Å². The van der Waals surface area contributed by atoms with Crippen molar-refractivity contribution in [2.45, 2.75) is 33.6 Å². The number of amides is 1. The van der Waals surface area contributed by atoms with Crippen molar-refractivity contribution < 1.29 is 19.1 Å². The Morgan fingerprint density at radius 1 is 1.03 bits per heavy atom. The molecule has 0 bridgehead atoms. The maximum absolute atomic E-state index is 12.7. The van der Waals surface area contributed by atoms with Crippen LogP contribution in [0.2, 0.25) is 0 Å². The van der Waals surface area contributed by atoms with E-state index in [-0.39, 0.29) is 11.6 Å². The monoisotopic (exact) mass is 395 g/mol. The van der Waals surface area contributed by atoms with Crippen LogP contribution in [0.3, 0.4) is 0 Å². The van der Waals surface area contributed by atoms with E-state index in [2.05, 4.69) is 19.2 Å². The average molecular weight is 395 g/mol. The Hall–Kier alpha value is -3.08. The van der Waals surface area contributed by atoms with Gasteiger partial charge in [0.05, 0.1) is 13.2 Å². The highest BCUT2D eigenvalue weighted by molar-refractivity contribution is 6.03. The molecule has 0 saturated carbocycles. The summed E-state index contributed by atoms with van der Waals surface area (Å²) >= 11 is 0. The lowest BCUT2D eigenvalue weighted by Gasteiger charge is -2.11. The molecule has 0 aromatic heterocycles. The summed E-state index contributed by atoms with van der Waals surface area (Å²) in [6, 6.07) is 16.2. The molecule has 0 radical (unpaired) electrons. The summed E-state index contributed by atoms with van der Waals surface area (Å²) in [7, 11) is 0. The number of hydrogen-bond acceptors (Lipinski definition) is 4. The van der Waals surface area contributed by atoms with Crippen molar-refractivity contribution in [2.75, 3.05) is 13.2 Å². The Morgan fingerprint density at radius 2 is 1.72 bits per heavy atom. The predicted octanol–water partition coefficient (Wildman–Crippen LogP) is 4.84. The summed E-state index contributed by atoms with van der Waals surface area (Å²) in [5.74, 6) is 0.194. The number of nitrogens with one attached hydrogen (secondary N) is 1.